The lowest BCUT2D eigenvalue weighted by atomic mass is 9.91. The quantitative estimate of drug-likeness (QED) is 0.365. The Labute approximate surface area is 112 Å². The lowest BCUT2D eigenvalue weighted by Crippen LogP contribution is -2.42. The number of rotatable bonds is 1. The fourth-order valence-corrected chi connectivity index (χ4v) is 2.44. The van der Waals surface area contributed by atoms with Gasteiger partial charge in [0.2, 0.25) is 5.95 Å². The Bertz CT molecular complexity index is 721. The second-order valence-electron chi connectivity index (χ2n) is 5.00. The highest BCUT2D eigenvalue weighted by Gasteiger charge is 2.53. The van der Waals surface area contributed by atoms with Crippen LogP contribution in [0.2, 0.25) is 0 Å². The van der Waals surface area contributed by atoms with E-state index < -0.39 is 29.7 Å². The van der Waals surface area contributed by atoms with E-state index in [0.717, 1.165) is 0 Å². The van der Waals surface area contributed by atoms with Crippen LogP contribution in [0.25, 0.3) is 11.0 Å². The van der Waals surface area contributed by atoms with Crippen molar-refractivity contribution in [1.29, 1.82) is 0 Å². The highest BCUT2D eigenvalue weighted by molar-refractivity contribution is 5.79. The molecule has 9 heteroatoms. The molecule has 1 fully saturated rings. The van der Waals surface area contributed by atoms with E-state index >= 15 is 0 Å². The summed E-state index contributed by atoms with van der Waals surface area (Å²) in [5.41, 5.74) is 4.02. The summed E-state index contributed by atoms with van der Waals surface area (Å²) in [5, 5.41) is 29.5. The number of hydrogen-bond donors (Lipinski definition) is 6. The van der Waals surface area contributed by atoms with E-state index in [4.69, 9.17) is 10.5 Å². The molecule has 1 unspecified atom stereocenters. The number of nitrogens with two attached hydrogens (primary N) is 1. The molecule has 0 radical (unpaired) electrons. The molecule has 1 saturated heterocycles. The van der Waals surface area contributed by atoms with Crippen molar-refractivity contribution >= 4 is 17.0 Å². The number of nitrogen functional groups attached to an aromatic ring is 1. The molecule has 108 valence electrons. The number of ether oxygens (including phenoxy) is 1. The predicted molar refractivity (Wildman–Crippen MR) is 67.6 cm³/mol. The minimum Gasteiger partial charge on any atom is -0.385 e. The van der Waals surface area contributed by atoms with Crippen LogP contribution >= 0.6 is 0 Å². The third-order valence-corrected chi connectivity index (χ3v) is 3.54. The van der Waals surface area contributed by atoms with Crippen LogP contribution in [0, 0.1) is 0 Å². The van der Waals surface area contributed by atoms with E-state index in [2.05, 4.69) is 15.0 Å². The van der Waals surface area contributed by atoms with Gasteiger partial charge >= 0.3 is 0 Å². The van der Waals surface area contributed by atoms with Gasteiger partial charge in [-0.2, -0.15) is 0 Å². The zero-order chi connectivity index (χ0) is 14.7. The molecule has 0 bridgehead atoms. The third kappa shape index (κ3) is 1.64. The first-order valence-electron chi connectivity index (χ1n) is 5.93. The highest BCUT2D eigenvalue weighted by atomic mass is 16.6. The van der Waals surface area contributed by atoms with Crippen LogP contribution in [-0.4, -0.2) is 48.3 Å². The molecular formula is C11H14N4O5. The first-order valence-corrected chi connectivity index (χ1v) is 5.93. The van der Waals surface area contributed by atoms with Gasteiger partial charge in [0.25, 0.3) is 5.56 Å². The Morgan fingerprint density at radius 3 is 2.80 bits per heavy atom. The third-order valence-electron chi connectivity index (χ3n) is 3.54. The Hall–Kier alpha value is -1.94. The van der Waals surface area contributed by atoms with Crippen LogP contribution in [0.15, 0.2) is 11.0 Å². The molecular weight excluding hydrogens is 268 g/mol. The van der Waals surface area contributed by atoms with Gasteiger partial charge in [0.05, 0.1) is 0 Å². The average molecular weight is 282 g/mol. The van der Waals surface area contributed by atoms with Crippen molar-refractivity contribution in [1.82, 2.24) is 15.0 Å². The van der Waals surface area contributed by atoms with E-state index in [9.17, 15) is 20.1 Å². The van der Waals surface area contributed by atoms with Gasteiger partial charge in [0, 0.05) is 11.8 Å². The summed E-state index contributed by atoms with van der Waals surface area (Å²) in [5.74, 6) is -0.0814. The number of aliphatic hydroxyl groups is 3. The minimum absolute atomic E-state index is 0.0814. The molecule has 0 aliphatic carbocycles. The first-order chi connectivity index (χ1) is 9.32. The maximum Gasteiger partial charge on any atom is 0.276 e. The van der Waals surface area contributed by atoms with Gasteiger partial charge in [-0.05, 0) is 6.92 Å². The molecule has 0 saturated carbocycles. The second kappa shape index (κ2) is 4.03. The Balaban J connectivity index is 2.19. The molecule has 1 aliphatic rings. The van der Waals surface area contributed by atoms with Crippen molar-refractivity contribution in [3.63, 3.8) is 0 Å². The smallest absolute Gasteiger partial charge is 0.276 e. The zero-order valence-electron chi connectivity index (χ0n) is 10.5. The SMILES string of the molecule is C[C@@]1(O)[C@H](O)C(O)O[C@H]1c1c[nH]c2c(=O)[nH]c(N)nc12. The van der Waals surface area contributed by atoms with Crippen LogP contribution in [0.5, 0.6) is 0 Å². The minimum atomic E-state index is -1.73. The topological polar surface area (TPSA) is 157 Å². The van der Waals surface area contributed by atoms with E-state index in [1.807, 2.05) is 0 Å². The van der Waals surface area contributed by atoms with Crippen LogP contribution in [-0.2, 0) is 4.74 Å². The molecule has 7 N–H and O–H groups in total. The number of H-pyrrole nitrogens is 2. The van der Waals surface area contributed by atoms with E-state index in [1.54, 1.807) is 0 Å². The number of anilines is 1. The van der Waals surface area contributed by atoms with Gasteiger partial charge in [-0.1, -0.05) is 0 Å². The van der Waals surface area contributed by atoms with Crippen molar-refractivity contribution in [2.45, 2.75) is 31.0 Å². The Kier molecular flexibility index (Phi) is 2.63. The van der Waals surface area contributed by atoms with Crippen LogP contribution in [0.4, 0.5) is 5.95 Å². The molecule has 1 aliphatic heterocycles. The van der Waals surface area contributed by atoms with Gasteiger partial charge < -0.3 is 30.8 Å². The summed E-state index contributed by atoms with van der Waals surface area (Å²) in [6, 6.07) is 0. The van der Waals surface area contributed by atoms with Crippen molar-refractivity contribution < 1.29 is 20.1 Å². The van der Waals surface area contributed by atoms with Crippen molar-refractivity contribution in [3.8, 4) is 0 Å². The molecule has 3 rings (SSSR count). The number of aromatic nitrogens is 3. The summed E-state index contributed by atoms with van der Waals surface area (Å²) < 4.78 is 5.16. The summed E-state index contributed by atoms with van der Waals surface area (Å²) >= 11 is 0. The van der Waals surface area contributed by atoms with Gasteiger partial charge in [-0.3, -0.25) is 9.78 Å². The molecule has 0 amide bonds. The first kappa shape index (κ1) is 13.1. The Morgan fingerprint density at radius 1 is 1.50 bits per heavy atom. The van der Waals surface area contributed by atoms with E-state index in [0.29, 0.717) is 5.56 Å². The molecule has 3 heterocycles. The summed E-state index contributed by atoms with van der Waals surface area (Å²) in [6.45, 7) is 1.33. The molecule has 0 spiro atoms. The fraction of sp³-hybridized carbons (Fsp3) is 0.455. The highest BCUT2D eigenvalue weighted by Crippen LogP contribution is 2.42. The van der Waals surface area contributed by atoms with E-state index in [-0.39, 0.29) is 17.0 Å². The van der Waals surface area contributed by atoms with Crippen LogP contribution in [0.1, 0.15) is 18.6 Å². The van der Waals surface area contributed by atoms with Gasteiger partial charge in [0.1, 0.15) is 28.8 Å². The number of aliphatic hydroxyl groups excluding tert-OH is 2. The predicted octanol–water partition coefficient (Wildman–Crippen LogP) is -1.67. The Morgan fingerprint density at radius 2 is 2.20 bits per heavy atom. The number of nitrogens with zero attached hydrogens (tertiary/aromatic N) is 1. The fourth-order valence-electron chi connectivity index (χ4n) is 2.44. The molecule has 2 aromatic rings. The monoisotopic (exact) mass is 282 g/mol. The molecule has 2 aromatic heterocycles. The average Bonchev–Trinajstić information content (AvgIpc) is 2.85. The summed E-state index contributed by atoms with van der Waals surface area (Å²) in [4.78, 5) is 20.7. The van der Waals surface area contributed by atoms with Gasteiger partial charge in [-0.25, -0.2) is 4.98 Å². The maximum absolute atomic E-state index is 11.7. The summed E-state index contributed by atoms with van der Waals surface area (Å²) in [7, 11) is 0. The molecule has 20 heavy (non-hydrogen) atoms. The standard InChI is InChI=1S/C11H14N4O5/c1-11(19)6(16)9(18)20-7(11)3-2-13-5-4(3)14-10(12)15-8(5)17/h2,6-7,9,13,16,18-19H,1H3,(H3,12,14,15,17)/t6-,7+,9?,11-/m1/s1. The van der Waals surface area contributed by atoms with Crippen molar-refractivity contribution in [2.75, 3.05) is 5.73 Å². The second-order valence-corrected chi connectivity index (χ2v) is 5.00. The summed E-state index contributed by atoms with van der Waals surface area (Å²) in [6.07, 6.45) is -2.62. The van der Waals surface area contributed by atoms with Crippen molar-refractivity contribution in [3.05, 3.63) is 22.1 Å². The lowest BCUT2D eigenvalue weighted by Gasteiger charge is -2.25. The van der Waals surface area contributed by atoms with E-state index in [1.165, 1.54) is 13.1 Å². The molecule has 9 nitrogen and oxygen atoms in total. The van der Waals surface area contributed by atoms with Crippen LogP contribution in [0.3, 0.4) is 0 Å². The van der Waals surface area contributed by atoms with Crippen molar-refractivity contribution in [2.24, 2.45) is 0 Å². The largest absolute Gasteiger partial charge is 0.385 e. The lowest BCUT2D eigenvalue weighted by molar-refractivity contribution is -0.128. The molecule has 0 aromatic carbocycles. The number of nitrogens with one attached hydrogen (secondary N) is 2. The number of hydrogen-bond acceptors (Lipinski definition) is 7. The van der Waals surface area contributed by atoms with Gasteiger partial charge in [0.15, 0.2) is 6.29 Å². The normalized spacial score (nSPS) is 33.9. The van der Waals surface area contributed by atoms with Gasteiger partial charge in [-0.15, -0.1) is 0 Å². The number of aromatic amines is 2. The number of fused-ring (bicyclic) bond motifs is 1. The zero-order valence-corrected chi connectivity index (χ0v) is 10.5. The maximum atomic E-state index is 11.7. The van der Waals surface area contributed by atoms with Crippen LogP contribution < -0.4 is 11.3 Å². The molecule has 4 atom stereocenters.